The number of hydrogen-bond donors (Lipinski definition) is 2. The Bertz CT molecular complexity index is 555. The summed E-state index contributed by atoms with van der Waals surface area (Å²) in [5.41, 5.74) is 1.40. The molecule has 1 aliphatic rings. The van der Waals surface area contributed by atoms with Gasteiger partial charge in [0.25, 0.3) is 0 Å². The number of sulfonamides is 1. The van der Waals surface area contributed by atoms with Gasteiger partial charge in [-0.15, -0.1) is 11.3 Å². The summed E-state index contributed by atoms with van der Waals surface area (Å²) in [6, 6.07) is 2.15. The van der Waals surface area contributed by atoms with Gasteiger partial charge in [0.15, 0.2) is 0 Å². The average molecular weight is 316 g/mol. The van der Waals surface area contributed by atoms with Gasteiger partial charge in [-0.1, -0.05) is 6.42 Å². The maximum absolute atomic E-state index is 11.6. The van der Waals surface area contributed by atoms with Crippen LogP contribution in [0.3, 0.4) is 0 Å². The van der Waals surface area contributed by atoms with Crippen LogP contribution in [0.4, 0.5) is 0 Å². The van der Waals surface area contributed by atoms with E-state index in [1.807, 2.05) is 0 Å². The topological polar surface area (TPSA) is 75.3 Å². The smallest absolute Gasteiger partial charge is 0.236 e. The molecule has 1 aromatic rings. The average Bonchev–Trinajstić information content (AvgIpc) is 2.66. The Balaban J connectivity index is 1.90. The SMILES string of the molecule is CNS(=O)(=O)CC(=O)NCc1cc2c(s1)CCCCC2. The third-order valence-electron chi connectivity index (χ3n) is 3.39. The van der Waals surface area contributed by atoms with Crippen molar-refractivity contribution in [2.24, 2.45) is 0 Å². The lowest BCUT2D eigenvalue weighted by molar-refractivity contribution is -0.118. The summed E-state index contributed by atoms with van der Waals surface area (Å²) in [6.45, 7) is 0.412. The molecule has 5 nitrogen and oxygen atoms in total. The van der Waals surface area contributed by atoms with E-state index in [4.69, 9.17) is 0 Å². The van der Waals surface area contributed by atoms with Gasteiger partial charge < -0.3 is 5.32 Å². The van der Waals surface area contributed by atoms with E-state index in [1.165, 1.54) is 36.8 Å². The highest BCUT2D eigenvalue weighted by molar-refractivity contribution is 7.90. The van der Waals surface area contributed by atoms with Crippen molar-refractivity contribution >= 4 is 27.3 Å². The number of hydrogen-bond acceptors (Lipinski definition) is 4. The lowest BCUT2D eigenvalue weighted by Crippen LogP contribution is -2.34. The molecule has 1 aliphatic carbocycles. The number of aryl methyl sites for hydroxylation is 2. The van der Waals surface area contributed by atoms with Crippen molar-refractivity contribution in [1.82, 2.24) is 10.0 Å². The van der Waals surface area contributed by atoms with Crippen molar-refractivity contribution in [3.05, 3.63) is 21.4 Å². The summed E-state index contributed by atoms with van der Waals surface area (Å²) < 4.78 is 24.6. The maximum Gasteiger partial charge on any atom is 0.236 e. The number of fused-ring (bicyclic) bond motifs is 1. The fourth-order valence-electron chi connectivity index (χ4n) is 2.30. The highest BCUT2D eigenvalue weighted by Crippen LogP contribution is 2.28. The molecular formula is C13H20N2O3S2. The highest BCUT2D eigenvalue weighted by Gasteiger charge is 2.15. The Morgan fingerprint density at radius 3 is 2.80 bits per heavy atom. The fourth-order valence-corrected chi connectivity index (χ4v) is 4.09. The van der Waals surface area contributed by atoms with Crippen LogP contribution in [-0.4, -0.2) is 27.1 Å². The van der Waals surface area contributed by atoms with Gasteiger partial charge in [-0.2, -0.15) is 0 Å². The molecule has 0 atom stereocenters. The number of carbonyl (C=O) groups excluding carboxylic acids is 1. The zero-order valence-corrected chi connectivity index (χ0v) is 13.2. The van der Waals surface area contributed by atoms with Crippen LogP contribution in [0, 0.1) is 0 Å². The largest absolute Gasteiger partial charge is 0.350 e. The molecule has 0 aromatic carbocycles. The summed E-state index contributed by atoms with van der Waals surface area (Å²) in [5.74, 6) is -0.989. The van der Waals surface area contributed by atoms with Gasteiger partial charge >= 0.3 is 0 Å². The van der Waals surface area contributed by atoms with E-state index < -0.39 is 21.7 Å². The van der Waals surface area contributed by atoms with Gasteiger partial charge in [0.1, 0.15) is 5.75 Å². The van der Waals surface area contributed by atoms with Crippen LogP contribution in [-0.2, 0) is 34.2 Å². The second-order valence-corrected chi connectivity index (χ2v) is 8.11. The fraction of sp³-hybridized carbons (Fsp3) is 0.615. The molecule has 7 heteroatoms. The minimum absolute atomic E-state index is 0.412. The van der Waals surface area contributed by atoms with Crippen molar-refractivity contribution in [3.63, 3.8) is 0 Å². The van der Waals surface area contributed by atoms with E-state index in [2.05, 4.69) is 16.1 Å². The molecule has 2 N–H and O–H groups in total. The molecule has 0 saturated carbocycles. The molecular weight excluding hydrogens is 296 g/mol. The number of thiophene rings is 1. The minimum atomic E-state index is -3.49. The van der Waals surface area contributed by atoms with Gasteiger partial charge in [-0.3, -0.25) is 4.79 Å². The molecule has 0 aliphatic heterocycles. The maximum atomic E-state index is 11.6. The molecule has 1 amide bonds. The molecule has 1 heterocycles. The molecule has 0 radical (unpaired) electrons. The Morgan fingerprint density at radius 1 is 1.30 bits per heavy atom. The normalized spacial score (nSPS) is 15.4. The summed E-state index contributed by atoms with van der Waals surface area (Å²) in [4.78, 5) is 14.1. The van der Waals surface area contributed by atoms with E-state index in [9.17, 15) is 13.2 Å². The van der Waals surface area contributed by atoms with Crippen LogP contribution in [0.15, 0.2) is 6.07 Å². The Kier molecular flexibility index (Phi) is 5.17. The van der Waals surface area contributed by atoms with Gasteiger partial charge in [0.05, 0.1) is 6.54 Å². The van der Waals surface area contributed by atoms with E-state index in [0.29, 0.717) is 6.54 Å². The zero-order valence-electron chi connectivity index (χ0n) is 11.6. The second kappa shape index (κ2) is 6.69. The molecule has 0 unspecified atom stereocenters. The van der Waals surface area contributed by atoms with Crippen LogP contribution >= 0.6 is 11.3 Å². The molecule has 1 aromatic heterocycles. The summed E-state index contributed by atoms with van der Waals surface area (Å²) in [5, 5.41) is 2.67. The van der Waals surface area contributed by atoms with Gasteiger partial charge in [0.2, 0.25) is 15.9 Å². The first-order valence-corrected chi connectivity index (χ1v) is 9.25. The summed E-state index contributed by atoms with van der Waals surface area (Å²) in [7, 11) is -2.18. The van der Waals surface area contributed by atoms with E-state index >= 15 is 0 Å². The lowest BCUT2D eigenvalue weighted by Gasteiger charge is -2.04. The molecule has 0 saturated heterocycles. The quantitative estimate of drug-likeness (QED) is 0.801. The highest BCUT2D eigenvalue weighted by atomic mass is 32.2. The molecule has 0 spiro atoms. The van der Waals surface area contributed by atoms with Crippen molar-refractivity contribution in [1.29, 1.82) is 0 Å². The van der Waals surface area contributed by atoms with E-state index in [0.717, 1.165) is 17.7 Å². The summed E-state index contributed by atoms with van der Waals surface area (Å²) >= 11 is 1.73. The van der Waals surface area contributed by atoms with Crippen molar-refractivity contribution in [2.45, 2.75) is 38.6 Å². The molecule has 112 valence electrons. The Hall–Kier alpha value is -0.920. The van der Waals surface area contributed by atoms with Crippen molar-refractivity contribution in [2.75, 3.05) is 12.8 Å². The molecule has 2 rings (SSSR count). The van der Waals surface area contributed by atoms with E-state index in [1.54, 1.807) is 11.3 Å². The van der Waals surface area contributed by atoms with E-state index in [-0.39, 0.29) is 0 Å². The summed E-state index contributed by atoms with van der Waals surface area (Å²) in [6.07, 6.45) is 6.00. The first-order valence-electron chi connectivity index (χ1n) is 6.78. The van der Waals surface area contributed by atoms with Crippen LogP contribution in [0.5, 0.6) is 0 Å². The molecule has 20 heavy (non-hydrogen) atoms. The van der Waals surface area contributed by atoms with Gasteiger partial charge in [-0.25, -0.2) is 13.1 Å². The predicted molar refractivity (Wildman–Crippen MR) is 80.3 cm³/mol. The van der Waals surface area contributed by atoms with Gasteiger partial charge in [0, 0.05) is 9.75 Å². The van der Waals surface area contributed by atoms with Crippen LogP contribution in [0.1, 0.15) is 34.6 Å². The minimum Gasteiger partial charge on any atom is -0.350 e. The predicted octanol–water partition coefficient (Wildman–Crippen LogP) is 1.18. The zero-order chi connectivity index (χ0) is 14.6. The Morgan fingerprint density at radius 2 is 2.05 bits per heavy atom. The number of carbonyl (C=O) groups is 1. The van der Waals surface area contributed by atoms with Crippen LogP contribution < -0.4 is 10.0 Å². The number of amides is 1. The first kappa shape index (κ1) is 15.5. The van der Waals surface area contributed by atoms with Crippen LogP contribution in [0.25, 0.3) is 0 Å². The number of rotatable bonds is 5. The molecule has 0 fully saturated rings. The lowest BCUT2D eigenvalue weighted by atomic mass is 10.1. The molecule has 0 bridgehead atoms. The Labute approximate surface area is 123 Å². The van der Waals surface area contributed by atoms with Crippen molar-refractivity contribution in [3.8, 4) is 0 Å². The van der Waals surface area contributed by atoms with Crippen molar-refractivity contribution < 1.29 is 13.2 Å². The van der Waals surface area contributed by atoms with Crippen LogP contribution in [0.2, 0.25) is 0 Å². The third-order valence-corrected chi connectivity index (χ3v) is 5.89. The van der Waals surface area contributed by atoms with Gasteiger partial charge in [-0.05, 0) is 44.4 Å². The third kappa shape index (κ3) is 4.29. The standard InChI is InChI=1S/C13H20N2O3S2/c1-14-20(17,18)9-13(16)15-8-11-7-10-5-3-2-4-6-12(10)19-11/h7,14H,2-6,8-9H2,1H3,(H,15,16). The number of nitrogens with one attached hydrogen (secondary N) is 2. The monoisotopic (exact) mass is 316 g/mol. The second-order valence-electron chi connectivity index (χ2n) is 4.96. The first-order chi connectivity index (χ1) is 9.50.